The van der Waals surface area contributed by atoms with E-state index in [1.807, 2.05) is 49.2 Å². The second-order valence-electron chi connectivity index (χ2n) is 8.42. The van der Waals surface area contributed by atoms with Gasteiger partial charge in [-0.15, -0.1) is 0 Å². The molecule has 1 aromatic rings. The molecule has 0 bridgehead atoms. The van der Waals surface area contributed by atoms with E-state index >= 15 is 0 Å². The van der Waals surface area contributed by atoms with E-state index in [0.717, 1.165) is 24.0 Å². The Labute approximate surface area is 182 Å². The third-order valence-corrected chi connectivity index (χ3v) is 6.37. The van der Waals surface area contributed by atoms with Gasteiger partial charge in [0.15, 0.2) is 0 Å². The van der Waals surface area contributed by atoms with Crippen molar-refractivity contribution in [2.45, 2.75) is 50.9 Å². The molecule has 0 radical (unpaired) electrons. The van der Waals surface area contributed by atoms with Gasteiger partial charge in [0.05, 0.1) is 17.6 Å². The normalized spacial score (nSPS) is 23.2. The molecule has 3 aliphatic heterocycles. The second kappa shape index (κ2) is 8.45. The van der Waals surface area contributed by atoms with Crippen LogP contribution in [0, 0.1) is 0 Å². The van der Waals surface area contributed by atoms with E-state index in [1.165, 1.54) is 0 Å². The molecule has 1 atom stereocenters. The summed E-state index contributed by atoms with van der Waals surface area (Å²) in [5, 5.41) is 8.61. The van der Waals surface area contributed by atoms with Crippen LogP contribution in [0.2, 0.25) is 5.02 Å². The lowest BCUT2D eigenvalue weighted by molar-refractivity contribution is 0.0542. The fourth-order valence-corrected chi connectivity index (χ4v) is 4.52. The highest BCUT2D eigenvalue weighted by molar-refractivity contribution is 6.30. The van der Waals surface area contributed by atoms with Gasteiger partial charge < -0.3 is 20.3 Å². The standard InChI is InChI=1S/C21H29ClN6O2/c1-21(2)17-12-24-19(28(23)16-6-8-30-9-7-16)26-18(17)13-27(21)20(29)25-11-14-4-3-5-15(22)10-14/h3-5,10,12,16,18H,6-9,11,13,23H2,1-2H3,(H,24,26)(H,25,29). The predicted molar refractivity (Wildman–Crippen MR) is 117 cm³/mol. The van der Waals surface area contributed by atoms with Crippen LogP contribution in [0.15, 0.2) is 41.0 Å². The van der Waals surface area contributed by atoms with Gasteiger partial charge in [0, 0.05) is 37.5 Å². The highest BCUT2D eigenvalue weighted by Gasteiger charge is 2.47. The van der Waals surface area contributed by atoms with Crippen LogP contribution >= 0.6 is 11.6 Å². The minimum atomic E-state index is -0.455. The molecule has 2 fully saturated rings. The molecule has 2 amide bonds. The number of halogens is 1. The average molecular weight is 433 g/mol. The van der Waals surface area contributed by atoms with Crippen LogP contribution in [0.25, 0.3) is 0 Å². The smallest absolute Gasteiger partial charge is 0.318 e. The Hall–Kier alpha value is -2.29. The Bertz CT molecular complexity index is 865. The number of rotatable bonds is 3. The Morgan fingerprint density at radius 3 is 2.93 bits per heavy atom. The maximum Gasteiger partial charge on any atom is 0.318 e. The van der Waals surface area contributed by atoms with Crippen LogP contribution in [0.5, 0.6) is 0 Å². The van der Waals surface area contributed by atoms with E-state index in [9.17, 15) is 4.79 Å². The first-order valence-corrected chi connectivity index (χ1v) is 10.7. The number of nitrogens with zero attached hydrogens (tertiary/aromatic N) is 3. The molecule has 30 heavy (non-hydrogen) atoms. The summed E-state index contributed by atoms with van der Waals surface area (Å²) in [5.74, 6) is 6.99. The van der Waals surface area contributed by atoms with Crippen molar-refractivity contribution < 1.29 is 9.53 Å². The summed E-state index contributed by atoms with van der Waals surface area (Å²) in [5.41, 5.74) is 1.58. The third-order valence-electron chi connectivity index (χ3n) is 6.14. The first-order valence-electron chi connectivity index (χ1n) is 10.3. The first-order chi connectivity index (χ1) is 14.4. The number of likely N-dealkylation sites (tertiary alicyclic amines) is 1. The number of carbonyl (C=O) groups excluding carboxylic acids is 1. The summed E-state index contributed by atoms with van der Waals surface area (Å²) < 4.78 is 5.42. The molecule has 9 heteroatoms. The van der Waals surface area contributed by atoms with E-state index in [-0.39, 0.29) is 18.1 Å². The number of amides is 2. The number of nitrogens with one attached hydrogen (secondary N) is 2. The number of hydrogen-bond acceptors (Lipinski definition) is 6. The summed E-state index contributed by atoms with van der Waals surface area (Å²) in [6, 6.07) is 7.45. The molecule has 0 aliphatic carbocycles. The second-order valence-corrected chi connectivity index (χ2v) is 8.86. The van der Waals surface area contributed by atoms with Crippen LogP contribution < -0.4 is 16.5 Å². The van der Waals surface area contributed by atoms with Gasteiger partial charge in [-0.3, -0.25) is 5.01 Å². The molecule has 0 aromatic heterocycles. The van der Waals surface area contributed by atoms with Gasteiger partial charge in [-0.05, 0) is 50.0 Å². The van der Waals surface area contributed by atoms with E-state index in [1.54, 1.807) is 5.01 Å². The molecule has 1 unspecified atom stereocenters. The molecule has 3 aliphatic rings. The van der Waals surface area contributed by atoms with Gasteiger partial charge >= 0.3 is 6.03 Å². The molecule has 1 aromatic carbocycles. The molecular weight excluding hydrogens is 404 g/mol. The van der Waals surface area contributed by atoms with E-state index in [4.69, 9.17) is 27.2 Å². The van der Waals surface area contributed by atoms with Crippen molar-refractivity contribution in [3.8, 4) is 0 Å². The number of benzene rings is 1. The Morgan fingerprint density at radius 1 is 1.43 bits per heavy atom. The quantitative estimate of drug-likeness (QED) is 0.502. The molecule has 0 spiro atoms. The fourth-order valence-electron chi connectivity index (χ4n) is 4.31. The van der Waals surface area contributed by atoms with Crippen LogP contribution in [0.1, 0.15) is 32.3 Å². The van der Waals surface area contributed by atoms with Crippen LogP contribution in [0.3, 0.4) is 0 Å². The lowest BCUT2D eigenvalue weighted by Gasteiger charge is -2.35. The molecule has 8 nitrogen and oxygen atoms in total. The summed E-state index contributed by atoms with van der Waals surface area (Å²) >= 11 is 6.04. The molecular formula is C21H29ClN6O2. The highest BCUT2D eigenvalue weighted by Crippen LogP contribution is 2.37. The average Bonchev–Trinajstić information content (AvgIpc) is 3.02. The summed E-state index contributed by atoms with van der Waals surface area (Å²) in [7, 11) is 0. The predicted octanol–water partition coefficient (Wildman–Crippen LogP) is 2.21. The number of fused-ring (bicyclic) bond motifs is 1. The highest BCUT2D eigenvalue weighted by atomic mass is 35.5. The number of urea groups is 1. The van der Waals surface area contributed by atoms with Crippen molar-refractivity contribution in [2.24, 2.45) is 10.8 Å². The van der Waals surface area contributed by atoms with Gasteiger partial charge in [-0.25, -0.2) is 15.6 Å². The number of hydrazine groups is 1. The van der Waals surface area contributed by atoms with Gasteiger partial charge in [0.2, 0.25) is 5.96 Å². The number of nitrogens with two attached hydrogens (primary N) is 1. The Kier molecular flexibility index (Phi) is 5.90. The fraction of sp³-hybridized carbons (Fsp3) is 0.524. The van der Waals surface area contributed by atoms with Crippen molar-refractivity contribution in [2.75, 3.05) is 19.8 Å². The topological polar surface area (TPSA) is 95.2 Å². The minimum absolute atomic E-state index is 0.112. The Balaban J connectivity index is 1.43. The zero-order chi connectivity index (χ0) is 21.3. The van der Waals surface area contributed by atoms with Crippen LogP contribution in [0.4, 0.5) is 4.79 Å². The summed E-state index contributed by atoms with van der Waals surface area (Å²) in [6.45, 7) is 6.43. The van der Waals surface area contributed by atoms with Crippen LogP contribution in [-0.2, 0) is 11.3 Å². The largest absolute Gasteiger partial charge is 0.381 e. The minimum Gasteiger partial charge on any atom is -0.381 e. The first kappa shape index (κ1) is 21.0. The zero-order valence-corrected chi connectivity index (χ0v) is 18.2. The Morgan fingerprint density at radius 2 is 2.20 bits per heavy atom. The summed E-state index contributed by atoms with van der Waals surface area (Å²) in [6.07, 6.45) is 3.71. The number of carbonyl (C=O) groups is 1. The molecule has 0 saturated carbocycles. The lowest BCUT2D eigenvalue weighted by atomic mass is 9.93. The molecule has 3 heterocycles. The summed E-state index contributed by atoms with van der Waals surface area (Å²) in [4.78, 5) is 19.6. The van der Waals surface area contributed by atoms with E-state index < -0.39 is 5.54 Å². The lowest BCUT2D eigenvalue weighted by Crippen LogP contribution is -2.53. The van der Waals surface area contributed by atoms with Gasteiger partial charge in [0.1, 0.15) is 0 Å². The SMILES string of the molecule is CC1(C)C2=CNC(N(N)C3CCOCC3)=NC2CN1C(=O)NCc1cccc(Cl)c1. The zero-order valence-electron chi connectivity index (χ0n) is 17.4. The van der Waals surface area contributed by atoms with Gasteiger partial charge in [-0.1, -0.05) is 23.7 Å². The van der Waals surface area contributed by atoms with Crippen molar-refractivity contribution in [3.05, 3.63) is 46.6 Å². The molecule has 4 N–H and O–H groups in total. The van der Waals surface area contributed by atoms with Crippen molar-refractivity contribution in [1.82, 2.24) is 20.5 Å². The molecule has 4 rings (SSSR count). The molecule has 2 saturated heterocycles. The number of ether oxygens (including phenoxy) is 1. The van der Waals surface area contributed by atoms with Gasteiger partial charge in [-0.2, -0.15) is 0 Å². The van der Waals surface area contributed by atoms with Crippen molar-refractivity contribution >= 4 is 23.6 Å². The molecule has 162 valence electrons. The maximum absolute atomic E-state index is 13.0. The van der Waals surface area contributed by atoms with E-state index in [0.29, 0.717) is 37.3 Å². The van der Waals surface area contributed by atoms with Gasteiger partial charge in [0.25, 0.3) is 0 Å². The number of hydrogen-bond donors (Lipinski definition) is 3. The third kappa shape index (κ3) is 4.12. The number of aliphatic imine (C=N–C) groups is 1. The van der Waals surface area contributed by atoms with Crippen molar-refractivity contribution in [1.29, 1.82) is 0 Å². The van der Waals surface area contributed by atoms with Crippen LogP contribution in [-0.4, -0.2) is 59.3 Å². The van der Waals surface area contributed by atoms with E-state index in [2.05, 4.69) is 10.6 Å². The number of guanidine groups is 1. The van der Waals surface area contributed by atoms with Crippen molar-refractivity contribution in [3.63, 3.8) is 0 Å². The maximum atomic E-state index is 13.0. The monoisotopic (exact) mass is 432 g/mol.